The van der Waals surface area contributed by atoms with Crippen LogP contribution in [0.1, 0.15) is 13.3 Å². The van der Waals surface area contributed by atoms with Crippen molar-refractivity contribution >= 4 is 11.6 Å². The van der Waals surface area contributed by atoms with Gasteiger partial charge in [0.1, 0.15) is 0 Å². The van der Waals surface area contributed by atoms with Crippen LogP contribution in [0.5, 0.6) is 0 Å². The molecule has 1 unspecified atom stereocenters. The average Bonchev–Trinajstić information content (AvgIpc) is 1.94. The zero-order valence-corrected chi connectivity index (χ0v) is 7.71. The lowest BCUT2D eigenvalue weighted by Gasteiger charge is -2.24. The van der Waals surface area contributed by atoms with Gasteiger partial charge in [-0.05, 0) is 19.4 Å². The van der Waals surface area contributed by atoms with Gasteiger partial charge in [-0.2, -0.15) is 13.2 Å². The third-order valence-electron chi connectivity index (χ3n) is 1.95. The van der Waals surface area contributed by atoms with Gasteiger partial charge in [0.15, 0.2) is 0 Å². The maximum atomic E-state index is 12.3. The summed E-state index contributed by atoms with van der Waals surface area (Å²) in [5.41, 5.74) is 5.57. The Morgan fingerprint density at radius 1 is 1.54 bits per heavy atom. The van der Waals surface area contributed by atoms with E-state index < -0.39 is 12.1 Å². The summed E-state index contributed by atoms with van der Waals surface area (Å²) in [5.74, 6) is -1.62. The third-order valence-corrected chi connectivity index (χ3v) is 2.27. The zero-order valence-electron chi connectivity index (χ0n) is 6.95. The molecule has 1 rings (SSSR count). The van der Waals surface area contributed by atoms with Crippen molar-refractivity contribution in [2.45, 2.75) is 19.5 Å². The number of hydrogen-bond acceptors (Lipinski definition) is 1. The molecule has 0 fully saturated rings. The van der Waals surface area contributed by atoms with E-state index in [9.17, 15) is 13.2 Å². The number of allylic oxidation sites excluding steroid dienone is 4. The quantitative estimate of drug-likeness (QED) is 0.655. The van der Waals surface area contributed by atoms with Gasteiger partial charge in [0, 0.05) is 5.70 Å². The number of alkyl halides is 3. The highest BCUT2D eigenvalue weighted by Gasteiger charge is 2.43. The number of nitrogens with two attached hydrogens (primary N) is 1. The molecule has 5 heteroatoms. The summed E-state index contributed by atoms with van der Waals surface area (Å²) in [6.07, 6.45) is -2.93. The summed E-state index contributed by atoms with van der Waals surface area (Å²) >= 11 is 5.54. The molecular weight excluding hydrogens is 203 g/mol. The van der Waals surface area contributed by atoms with Crippen molar-refractivity contribution < 1.29 is 13.2 Å². The second kappa shape index (κ2) is 3.25. The zero-order chi connectivity index (χ0) is 10.2. The van der Waals surface area contributed by atoms with E-state index >= 15 is 0 Å². The fourth-order valence-corrected chi connectivity index (χ4v) is 1.57. The van der Waals surface area contributed by atoms with Gasteiger partial charge in [-0.15, -0.1) is 0 Å². The molecule has 0 aliphatic heterocycles. The van der Waals surface area contributed by atoms with E-state index in [4.69, 9.17) is 17.3 Å². The molecule has 1 aliphatic carbocycles. The minimum Gasteiger partial charge on any atom is -0.400 e. The molecule has 0 saturated heterocycles. The first-order valence-corrected chi connectivity index (χ1v) is 4.09. The highest BCUT2D eigenvalue weighted by molar-refractivity contribution is 6.31. The fraction of sp³-hybridized carbons (Fsp3) is 0.500. The first kappa shape index (κ1) is 10.4. The SMILES string of the molecule is CC1=CC(Cl)=C(N)C(C(F)(F)F)C1. The highest BCUT2D eigenvalue weighted by Crippen LogP contribution is 2.39. The summed E-state index contributed by atoms with van der Waals surface area (Å²) in [7, 11) is 0. The molecule has 0 bridgehead atoms. The molecule has 0 heterocycles. The molecule has 0 amide bonds. The van der Waals surface area contributed by atoms with Gasteiger partial charge >= 0.3 is 6.18 Å². The first-order chi connectivity index (χ1) is 5.82. The molecule has 74 valence electrons. The lowest BCUT2D eigenvalue weighted by molar-refractivity contribution is -0.164. The largest absolute Gasteiger partial charge is 0.400 e. The van der Waals surface area contributed by atoms with Crippen molar-refractivity contribution in [2.75, 3.05) is 0 Å². The summed E-state index contributed by atoms with van der Waals surface area (Å²) in [5, 5.41) is 0.00563. The van der Waals surface area contributed by atoms with E-state index in [0.29, 0.717) is 5.57 Å². The highest BCUT2D eigenvalue weighted by atomic mass is 35.5. The van der Waals surface area contributed by atoms with Crippen LogP contribution in [0.2, 0.25) is 0 Å². The maximum Gasteiger partial charge on any atom is 0.397 e. The Morgan fingerprint density at radius 3 is 2.54 bits per heavy atom. The van der Waals surface area contributed by atoms with E-state index in [1.807, 2.05) is 0 Å². The van der Waals surface area contributed by atoms with Crippen molar-refractivity contribution in [1.82, 2.24) is 0 Å². The van der Waals surface area contributed by atoms with Gasteiger partial charge in [0.25, 0.3) is 0 Å². The molecule has 0 aromatic carbocycles. The van der Waals surface area contributed by atoms with Crippen LogP contribution in [-0.2, 0) is 0 Å². The van der Waals surface area contributed by atoms with Crippen LogP contribution in [0.3, 0.4) is 0 Å². The summed E-state index contributed by atoms with van der Waals surface area (Å²) in [6.45, 7) is 1.60. The predicted molar refractivity (Wildman–Crippen MR) is 45.0 cm³/mol. The molecule has 0 saturated carbocycles. The maximum absolute atomic E-state index is 12.3. The number of rotatable bonds is 0. The first-order valence-electron chi connectivity index (χ1n) is 3.71. The second-order valence-corrected chi connectivity index (χ2v) is 3.50. The van der Waals surface area contributed by atoms with Gasteiger partial charge in [0.2, 0.25) is 0 Å². The summed E-state index contributed by atoms with van der Waals surface area (Å²) < 4.78 is 37.0. The van der Waals surface area contributed by atoms with Crippen molar-refractivity contribution in [3.05, 3.63) is 22.4 Å². The average molecular weight is 212 g/mol. The van der Waals surface area contributed by atoms with Crippen LogP contribution in [0.15, 0.2) is 22.4 Å². The molecule has 0 aromatic rings. The van der Waals surface area contributed by atoms with E-state index in [0.717, 1.165) is 0 Å². The monoisotopic (exact) mass is 211 g/mol. The van der Waals surface area contributed by atoms with Gasteiger partial charge in [-0.3, -0.25) is 0 Å². The molecule has 1 atom stereocenters. The number of halogens is 4. The van der Waals surface area contributed by atoms with Crippen molar-refractivity contribution in [3.8, 4) is 0 Å². The van der Waals surface area contributed by atoms with Crippen molar-refractivity contribution in [2.24, 2.45) is 11.7 Å². The van der Waals surface area contributed by atoms with Crippen LogP contribution < -0.4 is 5.73 Å². The molecule has 13 heavy (non-hydrogen) atoms. The van der Waals surface area contributed by atoms with Gasteiger partial charge in [0.05, 0.1) is 11.0 Å². The van der Waals surface area contributed by atoms with Gasteiger partial charge in [-0.1, -0.05) is 17.2 Å². The molecular formula is C8H9ClF3N. The van der Waals surface area contributed by atoms with Crippen LogP contribution in [0, 0.1) is 5.92 Å². The second-order valence-electron chi connectivity index (χ2n) is 3.09. The van der Waals surface area contributed by atoms with Crippen molar-refractivity contribution in [3.63, 3.8) is 0 Å². The molecule has 1 nitrogen and oxygen atoms in total. The van der Waals surface area contributed by atoms with Crippen LogP contribution in [0.4, 0.5) is 13.2 Å². The van der Waals surface area contributed by atoms with Gasteiger partial charge < -0.3 is 5.73 Å². The molecule has 0 spiro atoms. The van der Waals surface area contributed by atoms with Gasteiger partial charge in [-0.25, -0.2) is 0 Å². The summed E-state index contributed by atoms with van der Waals surface area (Å²) in [4.78, 5) is 0. The summed E-state index contributed by atoms with van der Waals surface area (Å²) in [6, 6.07) is 0. The molecule has 1 aliphatic rings. The van der Waals surface area contributed by atoms with E-state index in [-0.39, 0.29) is 17.2 Å². The van der Waals surface area contributed by atoms with Crippen LogP contribution in [-0.4, -0.2) is 6.18 Å². The minimum absolute atomic E-state index is 0.00563. The third kappa shape index (κ3) is 2.18. The van der Waals surface area contributed by atoms with Crippen LogP contribution >= 0.6 is 11.6 Å². The predicted octanol–water partition coefficient (Wildman–Crippen LogP) is 2.92. The Morgan fingerprint density at radius 2 is 2.08 bits per heavy atom. The van der Waals surface area contributed by atoms with Crippen LogP contribution in [0.25, 0.3) is 0 Å². The number of hydrogen-bond donors (Lipinski definition) is 1. The van der Waals surface area contributed by atoms with E-state index in [2.05, 4.69) is 0 Å². The topological polar surface area (TPSA) is 26.0 Å². The smallest absolute Gasteiger partial charge is 0.397 e. The molecule has 2 N–H and O–H groups in total. The lowest BCUT2D eigenvalue weighted by Crippen LogP contribution is -2.30. The lowest BCUT2D eigenvalue weighted by atomic mass is 9.92. The molecule has 0 aromatic heterocycles. The Bertz CT molecular complexity index is 278. The Balaban J connectivity index is 3.00. The Hall–Kier alpha value is -0.640. The normalized spacial score (nSPS) is 24.7. The van der Waals surface area contributed by atoms with E-state index in [1.54, 1.807) is 6.92 Å². The molecule has 0 radical (unpaired) electrons. The van der Waals surface area contributed by atoms with Crippen molar-refractivity contribution in [1.29, 1.82) is 0 Å². The van der Waals surface area contributed by atoms with E-state index in [1.165, 1.54) is 6.08 Å². The fourth-order valence-electron chi connectivity index (χ4n) is 1.25. The Kier molecular flexibility index (Phi) is 2.61. The Labute approximate surface area is 79.0 Å². The standard InChI is InChI=1S/C8H9ClF3N/c1-4-2-5(8(10,11)12)7(13)6(9)3-4/h3,5H,2,13H2,1H3. The minimum atomic E-state index is -4.31.